The number of nitrogens with one attached hydrogen (secondary N) is 2. The molecule has 18 heavy (non-hydrogen) atoms. The number of hydrogen-bond acceptors (Lipinski definition) is 3. The van der Waals surface area contributed by atoms with Gasteiger partial charge in [0.05, 0.1) is 12.2 Å². The Bertz CT molecular complexity index is 401. The maximum atomic E-state index is 11.4. The first-order chi connectivity index (χ1) is 8.67. The molecule has 98 valence electrons. The van der Waals surface area contributed by atoms with Gasteiger partial charge in [-0.15, -0.1) is 0 Å². The number of carbonyl (C=O) groups excluding carboxylic acids is 2. The highest BCUT2D eigenvalue weighted by atomic mass is 16.5. The van der Waals surface area contributed by atoms with Crippen molar-refractivity contribution in [2.45, 2.75) is 20.4 Å². The van der Waals surface area contributed by atoms with Crippen LogP contribution in [0.1, 0.15) is 29.8 Å². The smallest absolute Gasteiger partial charge is 0.338 e. The lowest BCUT2D eigenvalue weighted by Crippen LogP contribution is -2.34. The summed E-state index contributed by atoms with van der Waals surface area (Å²) >= 11 is 0. The lowest BCUT2D eigenvalue weighted by atomic mass is 10.1. The number of urea groups is 1. The van der Waals surface area contributed by atoms with E-state index in [0.29, 0.717) is 25.3 Å². The molecule has 0 radical (unpaired) electrons. The predicted molar refractivity (Wildman–Crippen MR) is 68.3 cm³/mol. The Hall–Kier alpha value is -2.04. The number of rotatable bonds is 5. The van der Waals surface area contributed by atoms with Crippen molar-refractivity contribution in [1.82, 2.24) is 10.6 Å². The summed E-state index contributed by atoms with van der Waals surface area (Å²) in [5.74, 6) is -0.333. The van der Waals surface area contributed by atoms with Crippen LogP contribution in [0.3, 0.4) is 0 Å². The van der Waals surface area contributed by atoms with Gasteiger partial charge < -0.3 is 15.4 Å². The minimum atomic E-state index is -0.333. The zero-order valence-electron chi connectivity index (χ0n) is 10.7. The van der Waals surface area contributed by atoms with Crippen molar-refractivity contribution in [3.63, 3.8) is 0 Å². The molecule has 0 unspecified atom stereocenters. The van der Waals surface area contributed by atoms with Crippen LogP contribution in [0.2, 0.25) is 0 Å². The lowest BCUT2D eigenvalue weighted by molar-refractivity contribution is 0.0526. The third kappa shape index (κ3) is 4.45. The topological polar surface area (TPSA) is 67.4 Å². The predicted octanol–water partition coefficient (Wildman–Crippen LogP) is 1.68. The van der Waals surface area contributed by atoms with E-state index in [1.165, 1.54) is 0 Å². The molecule has 0 spiro atoms. The highest BCUT2D eigenvalue weighted by Gasteiger charge is 2.05. The largest absolute Gasteiger partial charge is 0.462 e. The SMILES string of the molecule is CCNC(=O)NCc1ccc(C(=O)OCC)cc1. The van der Waals surface area contributed by atoms with Gasteiger partial charge in [0.1, 0.15) is 0 Å². The first kappa shape index (κ1) is 14.0. The van der Waals surface area contributed by atoms with E-state index in [1.54, 1.807) is 31.2 Å². The summed E-state index contributed by atoms with van der Waals surface area (Å²) in [6, 6.07) is 6.75. The van der Waals surface area contributed by atoms with Crippen LogP contribution in [-0.2, 0) is 11.3 Å². The molecule has 1 aromatic rings. The third-order valence-corrected chi connectivity index (χ3v) is 2.26. The van der Waals surface area contributed by atoms with Crippen molar-refractivity contribution in [2.24, 2.45) is 0 Å². The van der Waals surface area contributed by atoms with Gasteiger partial charge in [0.15, 0.2) is 0 Å². The molecule has 2 amide bonds. The molecule has 2 N–H and O–H groups in total. The molecule has 0 saturated heterocycles. The number of amides is 2. The Kier molecular flexibility index (Phi) is 5.70. The molecule has 0 bridgehead atoms. The molecule has 1 rings (SSSR count). The fourth-order valence-electron chi connectivity index (χ4n) is 1.38. The Morgan fingerprint density at radius 1 is 1.11 bits per heavy atom. The highest BCUT2D eigenvalue weighted by molar-refractivity contribution is 5.89. The molecule has 0 fully saturated rings. The van der Waals surface area contributed by atoms with Crippen LogP contribution in [0.15, 0.2) is 24.3 Å². The highest BCUT2D eigenvalue weighted by Crippen LogP contribution is 2.05. The van der Waals surface area contributed by atoms with Crippen molar-refractivity contribution >= 4 is 12.0 Å². The van der Waals surface area contributed by atoms with Crippen molar-refractivity contribution < 1.29 is 14.3 Å². The number of carbonyl (C=O) groups is 2. The summed E-state index contributed by atoms with van der Waals surface area (Å²) < 4.78 is 4.88. The van der Waals surface area contributed by atoms with Gasteiger partial charge >= 0.3 is 12.0 Å². The van der Waals surface area contributed by atoms with Gasteiger partial charge in [0.25, 0.3) is 0 Å². The molecule has 0 aliphatic carbocycles. The van der Waals surface area contributed by atoms with E-state index in [-0.39, 0.29) is 12.0 Å². The normalized spacial score (nSPS) is 9.67. The molecule has 0 heterocycles. The van der Waals surface area contributed by atoms with E-state index in [0.717, 1.165) is 5.56 Å². The minimum absolute atomic E-state index is 0.202. The van der Waals surface area contributed by atoms with Crippen molar-refractivity contribution in [2.75, 3.05) is 13.2 Å². The van der Waals surface area contributed by atoms with E-state index in [4.69, 9.17) is 4.74 Å². The average molecular weight is 250 g/mol. The Morgan fingerprint density at radius 3 is 2.33 bits per heavy atom. The van der Waals surface area contributed by atoms with Crippen LogP contribution >= 0.6 is 0 Å². The first-order valence-electron chi connectivity index (χ1n) is 5.95. The summed E-state index contributed by atoms with van der Waals surface area (Å²) in [5, 5.41) is 5.35. The van der Waals surface area contributed by atoms with Gasteiger partial charge in [0, 0.05) is 13.1 Å². The summed E-state index contributed by atoms with van der Waals surface area (Å²) in [4.78, 5) is 22.6. The van der Waals surface area contributed by atoms with Gasteiger partial charge in [-0.2, -0.15) is 0 Å². The standard InChI is InChI=1S/C13H18N2O3/c1-3-14-13(17)15-9-10-5-7-11(8-6-10)12(16)18-4-2/h5-8H,3-4,9H2,1-2H3,(H2,14,15,17). The fourth-order valence-corrected chi connectivity index (χ4v) is 1.38. The van der Waals surface area contributed by atoms with E-state index >= 15 is 0 Å². The van der Waals surface area contributed by atoms with Gasteiger partial charge in [-0.1, -0.05) is 12.1 Å². The Labute approximate surface area is 107 Å². The average Bonchev–Trinajstić information content (AvgIpc) is 2.37. The van der Waals surface area contributed by atoms with Crippen LogP contribution in [0.5, 0.6) is 0 Å². The number of hydrogen-bond donors (Lipinski definition) is 2. The summed E-state index contributed by atoms with van der Waals surface area (Å²) in [6.45, 7) is 5.00. The monoisotopic (exact) mass is 250 g/mol. The second-order valence-corrected chi connectivity index (χ2v) is 3.63. The molecule has 5 nitrogen and oxygen atoms in total. The van der Waals surface area contributed by atoms with E-state index < -0.39 is 0 Å². The second kappa shape index (κ2) is 7.32. The molecule has 0 aliphatic rings. The summed E-state index contributed by atoms with van der Waals surface area (Å²) in [6.07, 6.45) is 0. The number of ether oxygens (including phenoxy) is 1. The maximum Gasteiger partial charge on any atom is 0.338 e. The second-order valence-electron chi connectivity index (χ2n) is 3.63. The van der Waals surface area contributed by atoms with Crippen LogP contribution < -0.4 is 10.6 Å². The first-order valence-corrected chi connectivity index (χ1v) is 5.95. The molecule has 1 aromatic carbocycles. The molecule has 0 aliphatic heterocycles. The molecular formula is C13H18N2O3. The maximum absolute atomic E-state index is 11.4. The van der Waals surface area contributed by atoms with Crippen molar-refractivity contribution in [3.05, 3.63) is 35.4 Å². The van der Waals surface area contributed by atoms with E-state index in [1.807, 2.05) is 6.92 Å². The van der Waals surface area contributed by atoms with Crippen LogP contribution in [0.25, 0.3) is 0 Å². The van der Waals surface area contributed by atoms with Gasteiger partial charge in [-0.3, -0.25) is 0 Å². The molecule has 0 atom stereocenters. The van der Waals surface area contributed by atoms with Crippen molar-refractivity contribution in [1.29, 1.82) is 0 Å². The Morgan fingerprint density at radius 2 is 1.78 bits per heavy atom. The van der Waals surface area contributed by atoms with Crippen molar-refractivity contribution in [3.8, 4) is 0 Å². The Balaban J connectivity index is 2.50. The van der Waals surface area contributed by atoms with E-state index in [9.17, 15) is 9.59 Å². The quantitative estimate of drug-likeness (QED) is 0.781. The zero-order valence-corrected chi connectivity index (χ0v) is 10.7. The third-order valence-electron chi connectivity index (χ3n) is 2.26. The van der Waals surface area contributed by atoms with Gasteiger partial charge in [-0.05, 0) is 31.5 Å². The number of benzene rings is 1. The van der Waals surface area contributed by atoms with Crippen LogP contribution in [-0.4, -0.2) is 25.2 Å². The summed E-state index contributed by atoms with van der Waals surface area (Å²) in [5.41, 5.74) is 1.44. The minimum Gasteiger partial charge on any atom is -0.462 e. The molecular weight excluding hydrogens is 232 g/mol. The fraction of sp³-hybridized carbons (Fsp3) is 0.385. The summed E-state index contributed by atoms with van der Waals surface area (Å²) in [7, 11) is 0. The zero-order chi connectivity index (χ0) is 13.4. The molecule has 0 saturated carbocycles. The molecule has 0 aromatic heterocycles. The number of esters is 1. The molecule has 5 heteroatoms. The van der Waals surface area contributed by atoms with Crippen LogP contribution in [0.4, 0.5) is 4.79 Å². The van der Waals surface area contributed by atoms with E-state index in [2.05, 4.69) is 10.6 Å². The van der Waals surface area contributed by atoms with Gasteiger partial charge in [0.2, 0.25) is 0 Å². The van der Waals surface area contributed by atoms with Gasteiger partial charge in [-0.25, -0.2) is 9.59 Å². The van der Waals surface area contributed by atoms with Crippen LogP contribution in [0, 0.1) is 0 Å². The lowest BCUT2D eigenvalue weighted by Gasteiger charge is -2.06.